The van der Waals surface area contributed by atoms with E-state index in [0.717, 1.165) is 23.3 Å². The molecule has 0 unspecified atom stereocenters. The number of carbonyl (C=O) groups is 2. The molecule has 0 heterocycles. The summed E-state index contributed by atoms with van der Waals surface area (Å²) in [5, 5.41) is 0. The molecule has 0 aromatic heterocycles. The van der Waals surface area contributed by atoms with Gasteiger partial charge in [-0.25, -0.2) is 14.0 Å². The molecule has 0 bridgehead atoms. The number of rotatable bonds is 14. The maximum Gasteiger partial charge on any atom is 0.330 e. The summed E-state index contributed by atoms with van der Waals surface area (Å²) in [6.07, 6.45) is 9.36. The largest absolute Gasteiger partial charge is 0.490 e. The highest BCUT2D eigenvalue weighted by Crippen LogP contribution is 2.20. The highest BCUT2D eigenvalue weighted by molar-refractivity contribution is 5.81. The molecule has 3 rings (SSSR count). The Labute approximate surface area is 227 Å². The second-order valence-electron chi connectivity index (χ2n) is 8.03. The summed E-state index contributed by atoms with van der Waals surface area (Å²) in [7, 11) is 0. The summed E-state index contributed by atoms with van der Waals surface area (Å²) in [4.78, 5) is 22.1. The minimum absolute atomic E-state index is 0.116. The first-order valence-electron chi connectivity index (χ1n) is 12.2. The minimum Gasteiger partial charge on any atom is -0.490 e. The Morgan fingerprint density at radius 1 is 0.641 bits per heavy atom. The van der Waals surface area contributed by atoms with Gasteiger partial charge in [0.2, 0.25) is 0 Å². The van der Waals surface area contributed by atoms with Gasteiger partial charge in [0.1, 0.15) is 43.7 Å². The van der Waals surface area contributed by atoms with Crippen molar-refractivity contribution in [1.29, 1.82) is 0 Å². The Balaban J connectivity index is 1.55. The van der Waals surface area contributed by atoms with E-state index in [1.54, 1.807) is 30.4 Å². The van der Waals surface area contributed by atoms with E-state index >= 15 is 0 Å². The predicted octanol–water partition coefficient (Wildman–Crippen LogP) is 6.38. The Bertz CT molecular complexity index is 1360. The third-order valence-electron chi connectivity index (χ3n) is 5.19. The molecular weight excluding hydrogens is 499 g/mol. The summed E-state index contributed by atoms with van der Waals surface area (Å²) in [5.74, 6) is -0.108. The van der Waals surface area contributed by atoms with Crippen LogP contribution in [0.5, 0.6) is 11.5 Å². The summed E-state index contributed by atoms with van der Waals surface area (Å²) in [6.45, 7) is 7.34. The molecule has 0 aliphatic heterocycles. The van der Waals surface area contributed by atoms with Crippen LogP contribution in [0.25, 0.3) is 24.3 Å². The van der Waals surface area contributed by atoms with Gasteiger partial charge in [-0.2, -0.15) is 0 Å². The Morgan fingerprint density at radius 2 is 1.13 bits per heavy atom. The SMILES string of the molecule is C=CC(=O)OCCOc1cccc(/C=C/c2ccc(/C=C/c3cccc(OCCOC(=O)C=C)c3)c(F)c2)c1. The van der Waals surface area contributed by atoms with Crippen LogP contribution in [0.2, 0.25) is 0 Å². The quantitative estimate of drug-likeness (QED) is 0.105. The van der Waals surface area contributed by atoms with Crippen LogP contribution in [0.4, 0.5) is 4.39 Å². The predicted molar refractivity (Wildman–Crippen MR) is 150 cm³/mol. The second-order valence-corrected chi connectivity index (χ2v) is 8.03. The molecule has 0 saturated carbocycles. The molecule has 3 aromatic rings. The molecule has 0 radical (unpaired) electrons. The first-order chi connectivity index (χ1) is 19.0. The van der Waals surface area contributed by atoms with Gasteiger partial charge < -0.3 is 18.9 Å². The van der Waals surface area contributed by atoms with Crippen molar-refractivity contribution in [3.05, 3.63) is 120 Å². The summed E-state index contributed by atoms with van der Waals surface area (Å²) in [6, 6.07) is 19.7. The Morgan fingerprint density at radius 3 is 1.62 bits per heavy atom. The Hall–Kier alpha value is -4.91. The van der Waals surface area contributed by atoms with E-state index in [4.69, 9.17) is 18.9 Å². The lowest BCUT2D eigenvalue weighted by molar-refractivity contribution is -0.139. The van der Waals surface area contributed by atoms with E-state index in [1.807, 2.05) is 54.6 Å². The van der Waals surface area contributed by atoms with Crippen LogP contribution >= 0.6 is 0 Å². The molecule has 0 spiro atoms. The van der Waals surface area contributed by atoms with Gasteiger partial charge in [0.15, 0.2) is 0 Å². The van der Waals surface area contributed by atoms with Gasteiger partial charge in [0.05, 0.1) is 0 Å². The highest BCUT2D eigenvalue weighted by Gasteiger charge is 2.02. The van der Waals surface area contributed by atoms with Crippen molar-refractivity contribution in [2.45, 2.75) is 0 Å². The fourth-order valence-electron chi connectivity index (χ4n) is 3.30. The number of ether oxygens (including phenoxy) is 4. The van der Waals surface area contributed by atoms with E-state index < -0.39 is 11.9 Å². The zero-order chi connectivity index (χ0) is 27.9. The van der Waals surface area contributed by atoms with Crippen molar-refractivity contribution in [3.63, 3.8) is 0 Å². The fraction of sp³-hybridized carbons (Fsp3) is 0.125. The van der Waals surface area contributed by atoms with E-state index in [1.165, 1.54) is 6.07 Å². The smallest absolute Gasteiger partial charge is 0.330 e. The Kier molecular flexibility index (Phi) is 11.3. The van der Waals surface area contributed by atoms with Crippen molar-refractivity contribution in [3.8, 4) is 11.5 Å². The number of benzene rings is 3. The van der Waals surface area contributed by atoms with Crippen LogP contribution in [0.3, 0.4) is 0 Å². The molecule has 0 fully saturated rings. The monoisotopic (exact) mass is 528 g/mol. The molecule has 200 valence electrons. The molecule has 0 aliphatic rings. The maximum absolute atomic E-state index is 14.8. The van der Waals surface area contributed by atoms with E-state index in [2.05, 4.69) is 13.2 Å². The van der Waals surface area contributed by atoms with Crippen molar-refractivity contribution in [2.75, 3.05) is 26.4 Å². The molecule has 0 saturated heterocycles. The van der Waals surface area contributed by atoms with Crippen molar-refractivity contribution >= 4 is 36.2 Å². The topological polar surface area (TPSA) is 71.1 Å². The zero-order valence-electron chi connectivity index (χ0n) is 21.4. The first kappa shape index (κ1) is 28.7. The van der Waals surface area contributed by atoms with Gasteiger partial charge >= 0.3 is 11.9 Å². The highest BCUT2D eigenvalue weighted by atomic mass is 19.1. The van der Waals surface area contributed by atoms with Gasteiger partial charge in [-0.1, -0.05) is 73.9 Å². The minimum atomic E-state index is -0.500. The van der Waals surface area contributed by atoms with Gasteiger partial charge in [-0.05, 0) is 47.0 Å². The lowest BCUT2D eigenvalue weighted by Crippen LogP contribution is -2.10. The van der Waals surface area contributed by atoms with Crippen LogP contribution in [0, 0.1) is 5.82 Å². The van der Waals surface area contributed by atoms with E-state index in [9.17, 15) is 14.0 Å². The molecule has 39 heavy (non-hydrogen) atoms. The average molecular weight is 529 g/mol. The summed E-state index contributed by atoms with van der Waals surface area (Å²) >= 11 is 0. The molecule has 0 amide bonds. The van der Waals surface area contributed by atoms with Crippen LogP contribution in [0.15, 0.2) is 92.0 Å². The number of hydrogen-bond donors (Lipinski definition) is 0. The number of hydrogen-bond acceptors (Lipinski definition) is 6. The molecular formula is C32H29FO6. The normalized spacial score (nSPS) is 10.8. The maximum atomic E-state index is 14.8. The zero-order valence-corrected chi connectivity index (χ0v) is 21.4. The van der Waals surface area contributed by atoms with Crippen molar-refractivity contribution in [1.82, 2.24) is 0 Å². The standard InChI is InChI=1S/C32H29FO6/c1-3-31(34)38-19-17-36-28-9-5-7-24(21-28)11-12-26-14-16-27(30(33)23-26)15-13-25-8-6-10-29(22-25)37-18-20-39-32(35)4-2/h3-16,21-23H,1-2,17-20H2/b12-11+,15-13+. The van der Waals surface area contributed by atoms with E-state index in [-0.39, 0.29) is 32.2 Å². The second kappa shape index (κ2) is 15.4. The average Bonchev–Trinajstić information content (AvgIpc) is 2.96. The molecule has 6 nitrogen and oxygen atoms in total. The fourth-order valence-corrected chi connectivity index (χ4v) is 3.30. The van der Waals surface area contributed by atoms with Crippen LogP contribution in [-0.4, -0.2) is 38.4 Å². The third-order valence-corrected chi connectivity index (χ3v) is 5.19. The summed E-state index contributed by atoms with van der Waals surface area (Å²) in [5.41, 5.74) is 2.86. The van der Waals surface area contributed by atoms with Gasteiger partial charge in [0, 0.05) is 17.7 Å². The molecule has 0 N–H and O–H groups in total. The lowest BCUT2D eigenvalue weighted by Gasteiger charge is -2.07. The molecule has 0 aliphatic carbocycles. The first-order valence-corrected chi connectivity index (χ1v) is 12.2. The molecule has 7 heteroatoms. The van der Waals surface area contributed by atoms with Crippen molar-refractivity contribution < 1.29 is 32.9 Å². The van der Waals surface area contributed by atoms with Gasteiger partial charge in [-0.15, -0.1) is 0 Å². The van der Waals surface area contributed by atoms with Gasteiger partial charge in [0.25, 0.3) is 0 Å². The van der Waals surface area contributed by atoms with Crippen LogP contribution in [-0.2, 0) is 19.1 Å². The van der Waals surface area contributed by atoms with Crippen LogP contribution < -0.4 is 9.47 Å². The lowest BCUT2D eigenvalue weighted by atomic mass is 10.1. The van der Waals surface area contributed by atoms with E-state index in [0.29, 0.717) is 22.6 Å². The number of esters is 2. The molecule has 3 aromatic carbocycles. The van der Waals surface area contributed by atoms with Crippen LogP contribution in [0.1, 0.15) is 22.3 Å². The van der Waals surface area contributed by atoms with Gasteiger partial charge in [-0.3, -0.25) is 0 Å². The van der Waals surface area contributed by atoms with Crippen molar-refractivity contribution in [2.24, 2.45) is 0 Å². The molecule has 0 atom stereocenters. The summed E-state index contributed by atoms with van der Waals surface area (Å²) < 4.78 is 35.7. The number of carbonyl (C=O) groups excluding carboxylic acids is 2. The third kappa shape index (κ3) is 10.2. The number of halogens is 1.